The zero-order valence-electron chi connectivity index (χ0n) is 38.3. The summed E-state index contributed by atoms with van der Waals surface area (Å²) in [5.74, 6) is 1.34. The quantitative estimate of drug-likeness (QED) is 0.165. The Labute approximate surface area is 410 Å². The second-order valence-electron chi connectivity index (χ2n) is 18.2. The molecule has 0 spiro atoms. The van der Waals surface area contributed by atoms with Gasteiger partial charge in [0.05, 0.1) is 44.3 Å². The van der Waals surface area contributed by atoms with Crippen LogP contribution in [0.1, 0.15) is 5.56 Å². The van der Waals surface area contributed by atoms with Gasteiger partial charge in [-0.05, 0) is 83.9 Å². The van der Waals surface area contributed by atoms with Crippen molar-refractivity contribution in [2.45, 2.75) is 0 Å². The highest BCUT2D eigenvalue weighted by atomic mass is 16.3. The number of fused-ring (bicyclic) bond motifs is 12. The van der Waals surface area contributed by atoms with Gasteiger partial charge in [0.15, 0.2) is 17.5 Å². The van der Waals surface area contributed by atoms with Crippen molar-refractivity contribution in [3.8, 4) is 62.7 Å². The van der Waals surface area contributed by atoms with Crippen LogP contribution in [0.3, 0.4) is 0 Å². The summed E-state index contributed by atoms with van der Waals surface area (Å²) in [6, 6.07) is 77.6. The zero-order valence-corrected chi connectivity index (χ0v) is 38.3. The largest absolute Gasteiger partial charge is 0.456 e. The molecule has 0 saturated carbocycles. The van der Waals surface area contributed by atoms with Crippen molar-refractivity contribution in [3.05, 3.63) is 224 Å². The summed E-state index contributed by atoms with van der Waals surface area (Å²) < 4.78 is 17.9. The normalized spacial score (nSPS) is 11.9. The standard InChI is InChI=1S/C64H36N6O2/c65-37-42-34-55(60-46-24-12-15-27-57(46)72-61(60)59(42)64-67-62(38-16-4-1-5-17-38)66-63(68-64)39-18-6-2-7-19-39)70-52-30-28-40(41-29-31-58-50(33-41)45-23-11-14-26-56(45)71-58)32-47(52)49-36-53-48(35-54(49)70)44-22-10-13-25-51(44)69(53)43-20-8-3-9-21-43/h1-36H. The summed E-state index contributed by atoms with van der Waals surface area (Å²) in [6.07, 6.45) is 0. The van der Waals surface area contributed by atoms with E-state index in [2.05, 4.69) is 137 Å². The number of hydrogen-bond acceptors (Lipinski definition) is 6. The summed E-state index contributed by atoms with van der Waals surface area (Å²) in [5.41, 5.74) is 13.7. The third-order valence-corrected chi connectivity index (χ3v) is 14.2. The van der Waals surface area contributed by atoms with Crippen molar-refractivity contribution in [2.75, 3.05) is 0 Å². The summed E-state index contributed by atoms with van der Waals surface area (Å²) >= 11 is 0. The van der Waals surface area contributed by atoms with Gasteiger partial charge in [0, 0.05) is 54.5 Å². The SMILES string of the molecule is N#Cc1cc(-n2c3ccc(-c4ccc5oc6ccccc6c5c4)cc3c3cc4c(cc32)c2ccccc2n4-c2ccccc2)c2c(oc3ccccc32)c1-c1nc(-c2ccccc2)nc(-c2ccccc2)n1. The van der Waals surface area contributed by atoms with Crippen molar-refractivity contribution in [1.82, 2.24) is 24.1 Å². The minimum absolute atomic E-state index is 0.347. The van der Waals surface area contributed by atoms with Gasteiger partial charge >= 0.3 is 0 Å². The number of aromatic nitrogens is 5. The van der Waals surface area contributed by atoms with Crippen LogP contribution in [0, 0.1) is 11.3 Å². The summed E-state index contributed by atoms with van der Waals surface area (Å²) in [7, 11) is 0. The van der Waals surface area contributed by atoms with E-state index in [1.807, 2.05) is 97.1 Å². The van der Waals surface area contributed by atoms with Crippen LogP contribution in [-0.2, 0) is 0 Å². The predicted molar refractivity (Wildman–Crippen MR) is 290 cm³/mol. The smallest absolute Gasteiger partial charge is 0.169 e. The molecule has 0 atom stereocenters. The first-order chi connectivity index (χ1) is 35.6. The maximum atomic E-state index is 11.4. The molecule has 15 aromatic rings. The Morgan fingerprint density at radius 1 is 0.361 bits per heavy atom. The van der Waals surface area contributed by atoms with E-state index in [0.717, 1.165) is 110 Å². The predicted octanol–water partition coefficient (Wildman–Crippen LogP) is 16.4. The Morgan fingerprint density at radius 2 is 0.875 bits per heavy atom. The molecule has 15 rings (SSSR count). The molecule has 8 heteroatoms. The minimum Gasteiger partial charge on any atom is -0.456 e. The first-order valence-corrected chi connectivity index (χ1v) is 23.9. The van der Waals surface area contributed by atoms with E-state index < -0.39 is 0 Å². The molecule has 5 heterocycles. The number of hydrogen-bond donors (Lipinski definition) is 0. The topological polar surface area (TPSA) is 98.6 Å². The molecule has 0 fully saturated rings. The van der Waals surface area contributed by atoms with E-state index in [0.29, 0.717) is 39.8 Å². The van der Waals surface area contributed by atoms with Gasteiger partial charge in [0.1, 0.15) is 28.4 Å². The molecular formula is C64H36N6O2. The number of rotatable bonds is 6. The molecule has 0 aliphatic carbocycles. The molecule has 0 N–H and O–H groups in total. The molecule has 334 valence electrons. The summed E-state index contributed by atoms with van der Waals surface area (Å²) in [6.45, 7) is 0. The van der Waals surface area contributed by atoms with Gasteiger partial charge in [0.2, 0.25) is 0 Å². The van der Waals surface area contributed by atoms with E-state index in [1.165, 1.54) is 0 Å². The lowest BCUT2D eigenvalue weighted by Gasteiger charge is -2.14. The van der Waals surface area contributed by atoms with Crippen LogP contribution in [0.4, 0.5) is 0 Å². The van der Waals surface area contributed by atoms with E-state index in [9.17, 15) is 5.26 Å². The molecule has 0 aliphatic rings. The fraction of sp³-hybridized carbons (Fsp3) is 0. The zero-order chi connectivity index (χ0) is 47.4. The van der Waals surface area contributed by atoms with Crippen molar-refractivity contribution in [2.24, 2.45) is 0 Å². The average Bonchev–Trinajstić information content (AvgIpc) is 4.20. The van der Waals surface area contributed by atoms with Crippen LogP contribution in [0.2, 0.25) is 0 Å². The lowest BCUT2D eigenvalue weighted by Crippen LogP contribution is -2.03. The minimum atomic E-state index is 0.347. The number of furan rings is 2. The third kappa shape index (κ3) is 5.95. The maximum absolute atomic E-state index is 11.4. The third-order valence-electron chi connectivity index (χ3n) is 14.2. The Morgan fingerprint density at radius 3 is 1.58 bits per heavy atom. The molecule has 72 heavy (non-hydrogen) atoms. The van der Waals surface area contributed by atoms with E-state index in [-0.39, 0.29) is 0 Å². The first kappa shape index (κ1) is 39.9. The molecule has 0 saturated heterocycles. The van der Waals surface area contributed by atoms with Gasteiger partial charge in [-0.1, -0.05) is 146 Å². The average molecular weight is 921 g/mol. The highest BCUT2D eigenvalue weighted by Gasteiger charge is 2.27. The number of nitrogens with zero attached hydrogens (tertiary/aromatic N) is 6. The van der Waals surface area contributed by atoms with Gasteiger partial charge in [-0.3, -0.25) is 0 Å². The van der Waals surface area contributed by atoms with Crippen molar-refractivity contribution < 1.29 is 8.83 Å². The molecule has 0 bridgehead atoms. The maximum Gasteiger partial charge on any atom is 0.169 e. The molecule has 0 unspecified atom stereocenters. The van der Waals surface area contributed by atoms with Crippen molar-refractivity contribution in [3.63, 3.8) is 0 Å². The van der Waals surface area contributed by atoms with E-state index in [4.69, 9.17) is 23.8 Å². The summed E-state index contributed by atoms with van der Waals surface area (Å²) in [5, 5.41) is 19.7. The Balaban J connectivity index is 1.05. The number of benzene rings is 10. The highest BCUT2D eigenvalue weighted by molar-refractivity contribution is 6.22. The number of para-hydroxylation sites is 4. The van der Waals surface area contributed by atoms with E-state index >= 15 is 0 Å². The van der Waals surface area contributed by atoms with Crippen molar-refractivity contribution >= 4 is 87.5 Å². The fourth-order valence-electron chi connectivity index (χ4n) is 11.0. The highest BCUT2D eigenvalue weighted by Crippen LogP contribution is 2.46. The molecule has 5 aromatic heterocycles. The Bertz CT molecular complexity index is 4690. The van der Waals surface area contributed by atoms with Crippen LogP contribution in [0.5, 0.6) is 0 Å². The van der Waals surface area contributed by atoms with Crippen LogP contribution in [0.15, 0.2) is 227 Å². The van der Waals surface area contributed by atoms with Crippen LogP contribution >= 0.6 is 0 Å². The Hall–Kier alpha value is -10.1. The molecule has 0 aliphatic heterocycles. The van der Waals surface area contributed by atoms with Gasteiger partial charge < -0.3 is 18.0 Å². The number of nitriles is 1. The monoisotopic (exact) mass is 920 g/mol. The molecule has 0 radical (unpaired) electrons. The van der Waals surface area contributed by atoms with Crippen molar-refractivity contribution in [1.29, 1.82) is 5.26 Å². The van der Waals surface area contributed by atoms with Gasteiger partial charge in [-0.2, -0.15) is 5.26 Å². The van der Waals surface area contributed by atoms with Gasteiger partial charge in [-0.25, -0.2) is 15.0 Å². The summed E-state index contributed by atoms with van der Waals surface area (Å²) in [4.78, 5) is 15.2. The van der Waals surface area contributed by atoms with Gasteiger partial charge in [0.25, 0.3) is 0 Å². The first-order valence-electron chi connectivity index (χ1n) is 23.9. The molecular weight excluding hydrogens is 885 g/mol. The second kappa shape index (κ2) is 15.5. The fourth-order valence-corrected chi connectivity index (χ4v) is 11.0. The molecule has 10 aromatic carbocycles. The van der Waals surface area contributed by atoms with Crippen LogP contribution in [-0.4, -0.2) is 24.1 Å². The van der Waals surface area contributed by atoms with Gasteiger partial charge in [-0.15, -0.1) is 0 Å². The van der Waals surface area contributed by atoms with Crippen LogP contribution in [0.25, 0.3) is 144 Å². The second-order valence-corrected chi connectivity index (χ2v) is 18.2. The van der Waals surface area contributed by atoms with Crippen LogP contribution < -0.4 is 0 Å². The lowest BCUT2D eigenvalue weighted by atomic mass is 10.00. The molecule has 0 amide bonds. The van der Waals surface area contributed by atoms with E-state index in [1.54, 1.807) is 0 Å². The lowest BCUT2D eigenvalue weighted by molar-refractivity contribution is 0.668. The Kier molecular flexibility index (Phi) is 8.55. The molecule has 8 nitrogen and oxygen atoms in total.